The minimum Gasteiger partial charge on any atom is -0.497 e. The number of ether oxygens (including phenoxy) is 1. The average Bonchev–Trinajstić information content (AvgIpc) is 2.90. The molecule has 1 atom stereocenters. The maximum Gasteiger partial charge on any atom is 0.243 e. The van der Waals surface area contributed by atoms with E-state index in [0.29, 0.717) is 11.4 Å². The molecule has 1 saturated heterocycles. The van der Waals surface area contributed by atoms with Crippen LogP contribution in [0.3, 0.4) is 0 Å². The first-order valence-electron chi connectivity index (χ1n) is 9.16. The molecule has 5 heteroatoms. The van der Waals surface area contributed by atoms with Crippen molar-refractivity contribution in [2.24, 2.45) is 0 Å². The van der Waals surface area contributed by atoms with E-state index in [-0.39, 0.29) is 6.04 Å². The van der Waals surface area contributed by atoms with Crippen LogP contribution in [0.2, 0.25) is 0 Å². The Morgan fingerprint density at radius 3 is 2.42 bits per heavy atom. The summed E-state index contributed by atoms with van der Waals surface area (Å²) in [6, 6.07) is 13.3. The fourth-order valence-electron chi connectivity index (χ4n) is 3.64. The Balaban J connectivity index is 2.04. The number of hydrogen-bond acceptors (Lipinski definition) is 3. The molecule has 0 aromatic heterocycles. The molecule has 4 nitrogen and oxygen atoms in total. The molecule has 0 aliphatic carbocycles. The van der Waals surface area contributed by atoms with Crippen molar-refractivity contribution in [1.82, 2.24) is 4.31 Å². The third-order valence-corrected chi connectivity index (χ3v) is 7.18. The SMILES string of the molecule is COc1ccc([C@H]2CCCCCN2S(=O)(=O)c2cc(C)ccc2C)cc1. The largest absolute Gasteiger partial charge is 0.497 e. The van der Waals surface area contributed by atoms with Gasteiger partial charge in [0.25, 0.3) is 0 Å². The van der Waals surface area contributed by atoms with Gasteiger partial charge in [0.2, 0.25) is 10.0 Å². The van der Waals surface area contributed by atoms with Crippen molar-refractivity contribution < 1.29 is 13.2 Å². The molecule has 0 spiro atoms. The monoisotopic (exact) mass is 373 g/mol. The van der Waals surface area contributed by atoms with Gasteiger partial charge < -0.3 is 4.74 Å². The second kappa shape index (κ2) is 7.80. The summed E-state index contributed by atoms with van der Waals surface area (Å²) in [5.74, 6) is 0.784. The lowest BCUT2D eigenvalue weighted by atomic mass is 10.0. The Morgan fingerprint density at radius 2 is 1.73 bits per heavy atom. The number of benzene rings is 2. The van der Waals surface area contributed by atoms with Gasteiger partial charge in [0.05, 0.1) is 18.0 Å². The molecule has 0 radical (unpaired) electrons. The van der Waals surface area contributed by atoms with Crippen molar-refractivity contribution in [3.05, 3.63) is 59.2 Å². The summed E-state index contributed by atoms with van der Waals surface area (Å²) in [7, 11) is -1.91. The lowest BCUT2D eigenvalue weighted by Gasteiger charge is -2.30. The van der Waals surface area contributed by atoms with Gasteiger partial charge in [0.15, 0.2) is 0 Å². The van der Waals surface area contributed by atoms with Gasteiger partial charge in [-0.05, 0) is 61.6 Å². The van der Waals surface area contributed by atoms with Crippen LogP contribution in [0.1, 0.15) is 48.4 Å². The predicted octanol–water partition coefficient (Wildman–Crippen LogP) is 4.62. The van der Waals surface area contributed by atoms with Gasteiger partial charge in [0, 0.05) is 6.54 Å². The minimum absolute atomic E-state index is 0.131. The molecule has 2 aromatic carbocycles. The first-order chi connectivity index (χ1) is 12.4. The molecule has 2 aromatic rings. The smallest absolute Gasteiger partial charge is 0.243 e. The number of methoxy groups -OCH3 is 1. The molecule has 0 bridgehead atoms. The van der Waals surface area contributed by atoms with Crippen molar-refractivity contribution in [3.63, 3.8) is 0 Å². The van der Waals surface area contributed by atoms with E-state index in [9.17, 15) is 8.42 Å². The fraction of sp³-hybridized carbons (Fsp3) is 0.429. The second-order valence-electron chi connectivity index (χ2n) is 7.02. The third kappa shape index (κ3) is 3.79. The first-order valence-corrected chi connectivity index (χ1v) is 10.6. The van der Waals surface area contributed by atoms with Crippen LogP contribution in [0.5, 0.6) is 5.75 Å². The molecule has 140 valence electrons. The zero-order chi connectivity index (χ0) is 18.7. The number of nitrogens with zero attached hydrogens (tertiary/aromatic N) is 1. The third-order valence-electron chi connectivity index (χ3n) is 5.13. The van der Waals surface area contributed by atoms with Crippen LogP contribution in [0.4, 0.5) is 0 Å². The Morgan fingerprint density at radius 1 is 1.00 bits per heavy atom. The molecular weight excluding hydrogens is 346 g/mol. The molecular formula is C21H27NO3S. The Labute approximate surface area is 156 Å². The number of sulfonamides is 1. The summed E-state index contributed by atoms with van der Waals surface area (Å²) in [6.45, 7) is 4.36. The lowest BCUT2D eigenvalue weighted by Crippen LogP contribution is -2.35. The van der Waals surface area contributed by atoms with E-state index in [1.807, 2.05) is 50.2 Å². The van der Waals surface area contributed by atoms with Gasteiger partial charge in [-0.25, -0.2) is 8.42 Å². The predicted molar refractivity (Wildman–Crippen MR) is 104 cm³/mol. The summed E-state index contributed by atoms with van der Waals surface area (Å²) in [5, 5.41) is 0. The zero-order valence-electron chi connectivity index (χ0n) is 15.7. The number of rotatable bonds is 4. The highest BCUT2D eigenvalue weighted by atomic mass is 32.2. The molecule has 0 amide bonds. The molecule has 1 aliphatic rings. The van der Waals surface area contributed by atoms with Crippen LogP contribution in [-0.2, 0) is 10.0 Å². The standard InChI is InChI=1S/C21H27NO3S/c1-16-8-9-17(2)21(15-16)26(23,24)22-14-6-4-5-7-20(22)18-10-12-19(25-3)13-11-18/h8-13,15,20H,4-7,14H2,1-3H3/t20-/m1/s1. The van der Waals surface area contributed by atoms with Gasteiger partial charge in [-0.15, -0.1) is 0 Å². The molecule has 0 N–H and O–H groups in total. The summed E-state index contributed by atoms with van der Waals surface area (Å²) >= 11 is 0. The van der Waals surface area contributed by atoms with E-state index in [2.05, 4.69) is 0 Å². The van der Waals surface area contributed by atoms with E-state index in [1.54, 1.807) is 17.5 Å². The maximum atomic E-state index is 13.5. The fourth-order valence-corrected chi connectivity index (χ4v) is 5.63. The average molecular weight is 374 g/mol. The van der Waals surface area contributed by atoms with Gasteiger partial charge in [0.1, 0.15) is 5.75 Å². The van der Waals surface area contributed by atoms with Crippen LogP contribution < -0.4 is 4.74 Å². The highest BCUT2D eigenvalue weighted by Crippen LogP contribution is 2.36. The first kappa shape index (κ1) is 18.9. The van der Waals surface area contributed by atoms with Gasteiger partial charge >= 0.3 is 0 Å². The van der Waals surface area contributed by atoms with Crippen molar-refractivity contribution in [2.45, 2.75) is 50.5 Å². The Kier molecular flexibility index (Phi) is 5.68. The van der Waals surface area contributed by atoms with E-state index >= 15 is 0 Å². The normalized spacial score (nSPS) is 19.1. The van der Waals surface area contributed by atoms with Crippen molar-refractivity contribution in [1.29, 1.82) is 0 Å². The Bertz CT molecular complexity index is 859. The van der Waals surface area contributed by atoms with Crippen LogP contribution in [-0.4, -0.2) is 26.4 Å². The van der Waals surface area contributed by atoms with Crippen molar-refractivity contribution in [2.75, 3.05) is 13.7 Å². The van der Waals surface area contributed by atoms with Crippen LogP contribution in [0.25, 0.3) is 0 Å². The van der Waals surface area contributed by atoms with Gasteiger partial charge in [-0.3, -0.25) is 0 Å². The highest BCUT2D eigenvalue weighted by molar-refractivity contribution is 7.89. The highest BCUT2D eigenvalue weighted by Gasteiger charge is 2.34. The lowest BCUT2D eigenvalue weighted by molar-refractivity contribution is 0.328. The second-order valence-corrected chi connectivity index (χ2v) is 8.88. The summed E-state index contributed by atoms with van der Waals surface area (Å²) < 4.78 is 34.0. The maximum absolute atomic E-state index is 13.5. The van der Waals surface area contributed by atoms with E-state index < -0.39 is 10.0 Å². The Hall–Kier alpha value is -1.85. The summed E-state index contributed by atoms with van der Waals surface area (Å²) in [4.78, 5) is 0.429. The molecule has 1 aliphatic heterocycles. The van der Waals surface area contributed by atoms with Gasteiger partial charge in [-0.2, -0.15) is 4.31 Å². The molecule has 0 saturated carbocycles. The molecule has 1 fully saturated rings. The molecule has 0 unspecified atom stereocenters. The summed E-state index contributed by atoms with van der Waals surface area (Å²) in [6.07, 6.45) is 3.84. The van der Waals surface area contributed by atoms with Crippen molar-refractivity contribution >= 4 is 10.0 Å². The molecule has 3 rings (SSSR count). The van der Waals surface area contributed by atoms with Gasteiger partial charge in [-0.1, -0.05) is 37.1 Å². The summed E-state index contributed by atoms with van der Waals surface area (Å²) in [5.41, 5.74) is 2.79. The topological polar surface area (TPSA) is 46.6 Å². The number of aryl methyl sites for hydroxylation is 2. The van der Waals surface area contributed by atoms with Crippen LogP contribution in [0, 0.1) is 13.8 Å². The van der Waals surface area contributed by atoms with E-state index in [4.69, 9.17) is 4.74 Å². The van der Waals surface area contributed by atoms with Crippen LogP contribution in [0.15, 0.2) is 47.4 Å². The molecule has 26 heavy (non-hydrogen) atoms. The zero-order valence-corrected chi connectivity index (χ0v) is 16.6. The van der Waals surface area contributed by atoms with E-state index in [0.717, 1.165) is 48.1 Å². The van der Waals surface area contributed by atoms with Crippen LogP contribution >= 0.6 is 0 Å². The quantitative estimate of drug-likeness (QED) is 0.786. The molecule has 1 heterocycles. The van der Waals surface area contributed by atoms with Crippen molar-refractivity contribution in [3.8, 4) is 5.75 Å². The minimum atomic E-state index is -3.55. The number of hydrogen-bond donors (Lipinski definition) is 0. The van der Waals surface area contributed by atoms with E-state index in [1.165, 1.54) is 0 Å².